The fourth-order valence-corrected chi connectivity index (χ4v) is 3.04. The molecule has 3 aromatic rings. The molecule has 3 aromatic heterocycles. The number of carbonyl (C=O) groups is 1. The Bertz CT molecular complexity index is 805. The average Bonchev–Trinajstić information content (AvgIpc) is 3.25. The Labute approximate surface area is 146 Å². The maximum Gasteiger partial charge on any atom is 0.350 e. The van der Waals surface area contributed by atoms with Crippen LogP contribution in [-0.4, -0.2) is 32.5 Å². The van der Waals surface area contributed by atoms with Crippen molar-refractivity contribution in [3.05, 3.63) is 40.1 Å². The van der Waals surface area contributed by atoms with Crippen LogP contribution < -0.4 is 10.6 Å². The lowest BCUT2D eigenvalue weighted by atomic mass is 10.5. The highest BCUT2D eigenvalue weighted by atomic mass is 32.1. The van der Waals surface area contributed by atoms with E-state index in [1.807, 2.05) is 5.38 Å². The maximum atomic E-state index is 11.6. The molecule has 3 heterocycles. The third kappa shape index (κ3) is 4.24. The molecule has 0 amide bonds. The van der Waals surface area contributed by atoms with Gasteiger partial charge in [-0.3, -0.25) is 0 Å². The van der Waals surface area contributed by atoms with Gasteiger partial charge in [-0.05, 0) is 6.92 Å². The highest BCUT2D eigenvalue weighted by Crippen LogP contribution is 2.23. The Hall–Kier alpha value is -2.59. The first-order valence-corrected chi connectivity index (χ1v) is 8.78. The zero-order valence-electron chi connectivity index (χ0n) is 12.7. The summed E-state index contributed by atoms with van der Waals surface area (Å²) in [5, 5.41) is 9.69. The molecular formula is C14H14N6O2S2. The summed E-state index contributed by atoms with van der Waals surface area (Å²) in [4.78, 5) is 28.7. The van der Waals surface area contributed by atoms with Crippen molar-refractivity contribution in [2.75, 3.05) is 17.2 Å². The zero-order chi connectivity index (χ0) is 16.8. The van der Waals surface area contributed by atoms with Gasteiger partial charge < -0.3 is 15.4 Å². The first-order valence-electron chi connectivity index (χ1n) is 7.09. The lowest BCUT2D eigenvalue weighted by Gasteiger charge is -2.05. The van der Waals surface area contributed by atoms with Crippen molar-refractivity contribution in [2.45, 2.75) is 13.5 Å². The van der Waals surface area contributed by atoms with Crippen molar-refractivity contribution >= 4 is 45.4 Å². The number of hydrogen-bond donors (Lipinski definition) is 2. The molecule has 0 radical (unpaired) electrons. The molecule has 0 fully saturated rings. The van der Waals surface area contributed by atoms with Crippen LogP contribution in [0.15, 0.2) is 30.2 Å². The van der Waals surface area contributed by atoms with E-state index < -0.39 is 0 Å². The second-order valence-electron chi connectivity index (χ2n) is 4.44. The van der Waals surface area contributed by atoms with Crippen LogP contribution in [0.1, 0.15) is 21.6 Å². The quantitative estimate of drug-likeness (QED) is 0.619. The molecule has 0 aliphatic rings. The third-order valence-corrected chi connectivity index (χ3v) is 4.46. The maximum absolute atomic E-state index is 11.6. The molecule has 0 aliphatic carbocycles. The number of thiazole rings is 2. The van der Waals surface area contributed by atoms with Gasteiger partial charge in [-0.1, -0.05) is 11.3 Å². The Kier molecular flexibility index (Phi) is 5.29. The molecule has 10 heteroatoms. The van der Waals surface area contributed by atoms with Gasteiger partial charge in [0.15, 0.2) is 5.13 Å². The predicted octanol–water partition coefficient (Wildman–Crippen LogP) is 2.92. The van der Waals surface area contributed by atoms with Gasteiger partial charge in [-0.15, -0.1) is 11.3 Å². The summed E-state index contributed by atoms with van der Waals surface area (Å²) in [7, 11) is 0. The number of rotatable bonds is 7. The van der Waals surface area contributed by atoms with E-state index in [-0.39, 0.29) is 5.97 Å². The lowest BCUT2D eigenvalue weighted by Crippen LogP contribution is -2.02. The minimum absolute atomic E-state index is 0.333. The summed E-state index contributed by atoms with van der Waals surface area (Å²) in [5.41, 5.74) is 0. The van der Waals surface area contributed by atoms with Crippen LogP contribution >= 0.6 is 22.7 Å². The SMILES string of the molecule is CCOC(=O)c1cnc(Nc2cc(NCc3nccs3)ncn2)s1. The van der Waals surface area contributed by atoms with Crippen LogP contribution in [0, 0.1) is 0 Å². The van der Waals surface area contributed by atoms with E-state index in [1.165, 1.54) is 23.9 Å². The normalized spacial score (nSPS) is 10.4. The molecule has 8 nitrogen and oxygen atoms in total. The van der Waals surface area contributed by atoms with E-state index in [9.17, 15) is 4.79 Å². The van der Waals surface area contributed by atoms with Crippen LogP contribution in [0.25, 0.3) is 0 Å². The second kappa shape index (κ2) is 7.79. The Morgan fingerprint density at radius 2 is 2.12 bits per heavy atom. The summed E-state index contributed by atoms with van der Waals surface area (Å²) >= 11 is 2.78. The van der Waals surface area contributed by atoms with Gasteiger partial charge in [0.05, 0.1) is 19.3 Å². The zero-order valence-corrected chi connectivity index (χ0v) is 14.4. The van der Waals surface area contributed by atoms with E-state index in [0.29, 0.717) is 34.8 Å². The molecule has 0 unspecified atom stereocenters. The standard InChI is InChI=1S/C14H14N6O2S2/c1-2-22-13(21)9-6-17-14(24-9)20-11-5-10(18-8-19-11)16-7-12-15-3-4-23-12/h3-6,8H,2,7H2,1H3,(H2,16,17,18,19,20). The highest BCUT2D eigenvalue weighted by Gasteiger charge is 2.12. The van der Waals surface area contributed by atoms with Crippen LogP contribution in [0.3, 0.4) is 0 Å². The van der Waals surface area contributed by atoms with E-state index in [0.717, 1.165) is 5.01 Å². The first kappa shape index (κ1) is 16.3. The fourth-order valence-electron chi connectivity index (χ4n) is 1.77. The third-order valence-electron chi connectivity index (χ3n) is 2.79. The number of ether oxygens (including phenoxy) is 1. The Balaban J connectivity index is 1.63. The van der Waals surface area contributed by atoms with E-state index in [4.69, 9.17) is 4.74 Å². The molecule has 124 valence electrons. The summed E-state index contributed by atoms with van der Waals surface area (Å²) in [6.45, 7) is 2.69. The number of nitrogens with one attached hydrogen (secondary N) is 2. The number of carbonyl (C=O) groups excluding carboxylic acids is 1. The molecule has 0 saturated carbocycles. The van der Waals surface area contributed by atoms with Crippen LogP contribution in [-0.2, 0) is 11.3 Å². The molecule has 2 N–H and O–H groups in total. The van der Waals surface area contributed by atoms with Gasteiger partial charge in [0.25, 0.3) is 0 Å². The van der Waals surface area contributed by atoms with Crippen molar-refractivity contribution in [1.82, 2.24) is 19.9 Å². The largest absolute Gasteiger partial charge is 0.462 e. The van der Waals surface area contributed by atoms with Crippen LogP contribution in [0.2, 0.25) is 0 Å². The van der Waals surface area contributed by atoms with Gasteiger partial charge in [-0.25, -0.2) is 24.7 Å². The van der Waals surface area contributed by atoms with Gasteiger partial charge in [0.2, 0.25) is 0 Å². The minimum Gasteiger partial charge on any atom is -0.462 e. The molecule has 0 atom stereocenters. The van der Waals surface area contributed by atoms with Gasteiger partial charge in [0.1, 0.15) is 27.8 Å². The van der Waals surface area contributed by atoms with Crippen molar-refractivity contribution in [3.8, 4) is 0 Å². The fraction of sp³-hybridized carbons (Fsp3) is 0.214. The van der Waals surface area contributed by atoms with E-state index in [1.54, 1.807) is 30.5 Å². The monoisotopic (exact) mass is 362 g/mol. The number of nitrogens with zero attached hydrogens (tertiary/aromatic N) is 4. The van der Waals surface area contributed by atoms with Crippen LogP contribution in [0.4, 0.5) is 16.8 Å². The molecule has 0 saturated heterocycles. The Morgan fingerprint density at radius 3 is 2.92 bits per heavy atom. The second-order valence-corrected chi connectivity index (χ2v) is 6.45. The van der Waals surface area contributed by atoms with E-state index >= 15 is 0 Å². The van der Waals surface area contributed by atoms with Gasteiger partial charge in [0, 0.05) is 17.6 Å². The van der Waals surface area contributed by atoms with Crippen molar-refractivity contribution < 1.29 is 9.53 Å². The van der Waals surface area contributed by atoms with Gasteiger partial charge in [-0.2, -0.15) is 0 Å². The molecule has 0 spiro atoms. The number of anilines is 3. The molecule has 24 heavy (non-hydrogen) atoms. The highest BCUT2D eigenvalue weighted by molar-refractivity contribution is 7.17. The molecule has 0 bridgehead atoms. The smallest absolute Gasteiger partial charge is 0.350 e. The van der Waals surface area contributed by atoms with Crippen molar-refractivity contribution in [2.24, 2.45) is 0 Å². The van der Waals surface area contributed by atoms with E-state index in [2.05, 4.69) is 30.6 Å². The summed E-state index contributed by atoms with van der Waals surface area (Å²) in [5.74, 6) is 0.873. The topological polar surface area (TPSA) is 102 Å². The van der Waals surface area contributed by atoms with Crippen molar-refractivity contribution in [3.63, 3.8) is 0 Å². The number of hydrogen-bond acceptors (Lipinski definition) is 10. The minimum atomic E-state index is -0.378. The number of esters is 1. The van der Waals surface area contributed by atoms with Gasteiger partial charge >= 0.3 is 5.97 Å². The lowest BCUT2D eigenvalue weighted by molar-refractivity contribution is 0.0532. The average molecular weight is 362 g/mol. The first-order chi connectivity index (χ1) is 11.7. The molecule has 0 aromatic carbocycles. The Morgan fingerprint density at radius 1 is 1.25 bits per heavy atom. The number of aromatic nitrogens is 4. The molecular weight excluding hydrogens is 348 g/mol. The summed E-state index contributed by atoms with van der Waals surface area (Å²) < 4.78 is 4.94. The van der Waals surface area contributed by atoms with Crippen molar-refractivity contribution in [1.29, 1.82) is 0 Å². The predicted molar refractivity (Wildman–Crippen MR) is 92.8 cm³/mol. The summed E-state index contributed by atoms with van der Waals surface area (Å²) in [6, 6.07) is 1.76. The molecule has 3 rings (SSSR count). The molecule has 0 aliphatic heterocycles. The van der Waals surface area contributed by atoms with Crippen LogP contribution in [0.5, 0.6) is 0 Å². The summed E-state index contributed by atoms with van der Waals surface area (Å²) in [6.07, 6.45) is 4.69.